The summed E-state index contributed by atoms with van der Waals surface area (Å²) in [5, 5.41) is 0. The molecule has 4 rings (SSSR count). The summed E-state index contributed by atoms with van der Waals surface area (Å²) in [5.41, 5.74) is -0.480. The van der Waals surface area contributed by atoms with Gasteiger partial charge in [0.15, 0.2) is 17.4 Å². The molecule has 2 aromatic rings. The Labute approximate surface area is 155 Å². The lowest BCUT2D eigenvalue weighted by Crippen LogP contribution is -2.50. The summed E-state index contributed by atoms with van der Waals surface area (Å²) >= 11 is 0. The predicted molar refractivity (Wildman–Crippen MR) is 92.7 cm³/mol. The van der Waals surface area contributed by atoms with E-state index in [2.05, 4.69) is 0 Å². The van der Waals surface area contributed by atoms with Gasteiger partial charge in [0.05, 0.1) is 11.7 Å². The number of furan rings is 1. The Balaban J connectivity index is 1.50. The number of carbonyl (C=O) groups excluding carboxylic acids is 2. The zero-order chi connectivity index (χ0) is 19.0. The van der Waals surface area contributed by atoms with Crippen LogP contribution in [0.4, 0.5) is 8.78 Å². The molecule has 2 aliphatic rings. The molecule has 2 fully saturated rings. The fourth-order valence-corrected chi connectivity index (χ4v) is 4.16. The van der Waals surface area contributed by atoms with Crippen molar-refractivity contribution in [2.75, 3.05) is 19.6 Å². The summed E-state index contributed by atoms with van der Waals surface area (Å²) in [7, 11) is 0. The molecule has 1 spiro atoms. The summed E-state index contributed by atoms with van der Waals surface area (Å²) in [6.45, 7) is 1.35. The number of amides is 2. The monoisotopic (exact) mass is 374 g/mol. The average molecular weight is 374 g/mol. The molecule has 1 aromatic heterocycles. The lowest BCUT2D eigenvalue weighted by atomic mass is 9.78. The van der Waals surface area contributed by atoms with Gasteiger partial charge in [-0.1, -0.05) is 12.1 Å². The van der Waals surface area contributed by atoms with Crippen LogP contribution < -0.4 is 0 Å². The van der Waals surface area contributed by atoms with Gasteiger partial charge in [-0.3, -0.25) is 9.59 Å². The van der Waals surface area contributed by atoms with Gasteiger partial charge >= 0.3 is 0 Å². The van der Waals surface area contributed by atoms with Crippen LogP contribution in [0.3, 0.4) is 0 Å². The highest BCUT2D eigenvalue weighted by Crippen LogP contribution is 2.41. The van der Waals surface area contributed by atoms with Gasteiger partial charge in [0.1, 0.15) is 0 Å². The molecule has 27 heavy (non-hydrogen) atoms. The van der Waals surface area contributed by atoms with Gasteiger partial charge in [0.2, 0.25) is 5.91 Å². The molecule has 0 saturated carbocycles. The Morgan fingerprint density at radius 1 is 1.15 bits per heavy atom. The quantitative estimate of drug-likeness (QED) is 0.829. The van der Waals surface area contributed by atoms with Gasteiger partial charge in [0, 0.05) is 31.7 Å². The first-order valence-electron chi connectivity index (χ1n) is 9.05. The lowest BCUT2D eigenvalue weighted by molar-refractivity contribution is -0.146. The van der Waals surface area contributed by atoms with E-state index in [9.17, 15) is 18.4 Å². The van der Waals surface area contributed by atoms with Crippen LogP contribution in [0.15, 0.2) is 41.0 Å². The standard InChI is InChI=1S/C20H20F2N2O3/c21-15-5-1-4-14(17(15)22)12-23-9-3-7-20(19(23)26)8-10-24(13-20)18(25)16-6-2-11-27-16/h1-2,4-6,11H,3,7-10,12-13H2/t20-/m0/s1. The van der Waals surface area contributed by atoms with Crippen molar-refractivity contribution in [3.05, 3.63) is 59.6 Å². The van der Waals surface area contributed by atoms with Crippen molar-refractivity contribution in [1.82, 2.24) is 9.80 Å². The summed E-state index contributed by atoms with van der Waals surface area (Å²) in [6, 6.07) is 7.26. The number of halogens is 2. The number of carbonyl (C=O) groups is 2. The molecule has 1 atom stereocenters. The Morgan fingerprint density at radius 3 is 2.78 bits per heavy atom. The second-order valence-electron chi connectivity index (χ2n) is 7.28. The first-order valence-corrected chi connectivity index (χ1v) is 9.05. The molecule has 0 bridgehead atoms. The van der Waals surface area contributed by atoms with E-state index in [1.54, 1.807) is 21.9 Å². The Hall–Kier alpha value is -2.70. The SMILES string of the molecule is O=C(c1ccco1)N1CC[C@@]2(CCCN(Cc3cccc(F)c3F)C2=O)C1. The molecule has 2 amide bonds. The van der Waals surface area contributed by atoms with Gasteiger partial charge in [0.25, 0.3) is 5.91 Å². The van der Waals surface area contributed by atoms with Crippen LogP contribution in [0.25, 0.3) is 0 Å². The van der Waals surface area contributed by atoms with Gasteiger partial charge < -0.3 is 14.2 Å². The van der Waals surface area contributed by atoms with E-state index in [1.165, 1.54) is 18.4 Å². The summed E-state index contributed by atoms with van der Waals surface area (Å²) in [4.78, 5) is 28.9. The van der Waals surface area contributed by atoms with Gasteiger partial charge in [-0.05, 0) is 37.5 Å². The molecule has 3 heterocycles. The van der Waals surface area contributed by atoms with E-state index in [0.717, 1.165) is 12.5 Å². The first kappa shape index (κ1) is 17.7. The van der Waals surface area contributed by atoms with Crippen molar-refractivity contribution < 1.29 is 22.8 Å². The molecule has 2 saturated heterocycles. The van der Waals surface area contributed by atoms with Crippen molar-refractivity contribution in [3.8, 4) is 0 Å². The third-order valence-electron chi connectivity index (χ3n) is 5.59. The largest absolute Gasteiger partial charge is 0.459 e. The highest BCUT2D eigenvalue weighted by molar-refractivity contribution is 5.93. The number of nitrogens with zero attached hydrogens (tertiary/aromatic N) is 2. The molecule has 0 N–H and O–H groups in total. The molecule has 142 valence electrons. The molecule has 2 aliphatic heterocycles. The van der Waals surface area contributed by atoms with Gasteiger partial charge in [-0.15, -0.1) is 0 Å². The molecule has 0 radical (unpaired) electrons. The molecule has 5 nitrogen and oxygen atoms in total. The summed E-state index contributed by atoms with van der Waals surface area (Å²) in [5.74, 6) is -1.88. The smallest absolute Gasteiger partial charge is 0.289 e. The maximum Gasteiger partial charge on any atom is 0.289 e. The molecule has 0 aliphatic carbocycles. The van der Waals surface area contributed by atoms with Gasteiger partial charge in [-0.2, -0.15) is 0 Å². The highest BCUT2D eigenvalue weighted by Gasteiger charge is 2.49. The fourth-order valence-electron chi connectivity index (χ4n) is 4.16. The first-order chi connectivity index (χ1) is 13.0. The van der Waals surface area contributed by atoms with Crippen molar-refractivity contribution in [2.24, 2.45) is 5.41 Å². The second-order valence-corrected chi connectivity index (χ2v) is 7.28. The van der Waals surface area contributed by atoms with E-state index in [4.69, 9.17) is 4.42 Å². The van der Waals surface area contributed by atoms with E-state index < -0.39 is 17.0 Å². The minimum Gasteiger partial charge on any atom is -0.459 e. The van der Waals surface area contributed by atoms with Gasteiger partial charge in [-0.25, -0.2) is 8.78 Å². The van der Waals surface area contributed by atoms with E-state index in [0.29, 0.717) is 32.5 Å². The van der Waals surface area contributed by atoms with E-state index >= 15 is 0 Å². The zero-order valence-corrected chi connectivity index (χ0v) is 14.8. The number of hydrogen-bond acceptors (Lipinski definition) is 3. The van der Waals surface area contributed by atoms with Crippen LogP contribution >= 0.6 is 0 Å². The van der Waals surface area contributed by atoms with Crippen molar-refractivity contribution in [1.29, 1.82) is 0 Å². The van der Waals surface area contributed by atoms with Crippen molar-refractivity contribution in [3.63, 3.8) is 0 Å². The number of rotatable bonds is 3. The van der Waals surface area contributed by atoms with Crippen LogP contribution in [-0.4, -0.2) is 41.2 Å². The number of likely N-dealkylation sites (tertiary alicyclic amines) is 2. The lowest BCUT2D eigenvalue weighted by Gasteiger charge is -2.39. The predicted octanol–water partition coefficient (Wildman–Crippen LogP) is 3.21. The molecule has 7 heteroatoms. The summed E-state index contributed by atoms with van der Waals surface area (Å²) in [6.07, 6.45) is 3.47. The molecule has 1 aromatic carbocycles. The maximum absolute atomic E-state index is 14.0. The Kier molecular flexibility index (Phi) is 4.45. The molecular formula is C20H20F2N2O3. The normalized spacial score (nSPS) is 22.7. The molecule has 0 unspecified atom stereocenters. The number of benzene rings is 1. The highest BCUT2D eigenvalue weighted by atomic mass is 19.2. The van der Waals surface area contributed by atoms with Crippen molar-refractivity contribution >= 4 is 11.8 Å². The zero-order valence-electron chi connectivity index (χ0n) is 14.8. The van der Waals surface area contributed by atoms with Crippen LogP contribution in [0.5, 0.6) is 0 Å². The van der Waals surface area contributed by atoms with Crippen LogP contribution in [0.2, 0.25) is 0 Å². The third-order valence-corrected chi connectivity index (χ3v) is 5.59. The van der Waals surface area contributed by atoms with E-state index in [1.807, 2.05) is 0 Å². The van der Waals surface area contributed by atoms with E-state index in [-0.39, 0.29) is 29.7 Å². The summed E-state index contributed by atoms with van der Waals surface area (Å²) < 4.78 is 32.6. The molecular weight excluding hydrogens is 354 g/mol. The maximum atomic E-state index is 14.0. The number of piperidine rings is 1. The fraction of sp³-hybridized carbons (Fsp3) is 0.400. The Bertz CT molecular complexity index is 868. The van der Waals surface area contributed by atoms with Crippen LogP contribution in [0.1, 0.15) is 35.4 Å². The van der Waals surface area contributed by atoms with Crippen LogP contribution in [0, 0.1) is 17.0 Å². The van der Waals surface area contributed by atoms with Crippen LogP contribution in [-0.2, 0) is 11.3 Å². The topological polar surface area (TPSA) is 53.8 Å². The third kappa shape index (κ3) is 3.11. The second kappa shape index (κ2) is 6.79. The number of hydrogen-bond donors (Lipinski definition) is 0. The minimum atomic E-state index is -0.914. The average Bonchev–Trinajstić information content (AvgIpc) is 3.33. The Morgan fingerprint density at radius 2 is 2.00 bits per heavy atom. The minimum absolute atomic E-state index is 0.0380. The van der Waals surface area contributed by atoms with Crippen molar-refractivity contribution in [2.45, 2.75) is 25.8 Å².